The van der Waals surface area contributed by atoms with E-state index in [4.69, 9.17) is 10.5 Å². The Balaban J connectivity index is 1.67. The van der Waals surface area contributed by atoms with Gasteiger partial charge in [0.15, 0.2) is 0 Å². The molecule has 0 fully saturated rings. The van der Waals surface area contributed by atoms with Crippen LogP contribution >= 0.6 is 0 Å². The predicted molar refractivity (Wildman–Crippen MR) is 119 cm³/mol. The van der Waals surface area contributed by atoms with E-state index in [2.05, 4.69) is 30.2 Å². The van der Waals surface area contributed by atoms with Gasteiger partial charge in [-0.1, -0.05) is 12.1 Å². The summed E-state index contributed by atoms with van der Waals surface area (Å²) >= 11 is 0. The van der Waals surface area contributed by atoms with Crippen LogP contribution in [0.15, 0.2) is 49.4 Å². The number of nitrogen functional groups attached to an aromatic ring is 1. The molecule has 1 aromatic carbocycles. The second-order valence-corrected chi connectivity index (χ2v) is 7.46. The van der Waals surface area contributed by atoms with Crippen molar-refractivity contribution in [3.63, 3.8) is 0 Å². The molecule has 4 heterocycles. The summed E-state index contributed by atoms with van der Waals surface area (Å²) in [5, 5.41) is 8.87. The van der Waals surface area contributed by atoms with Gasteiger partial charge < -0.3 is 15.0 Å². The van der Waals surface area contributed by atoms with E-state index in [1.807, 2.05) is 17.7 Å². The van der Waals surface area contributed by atoms with Gasteiger partial charge in [0, 0.05) is 24.0 Å². The summed E-state index contributed by atoms with van der Waals surface area (Å²) in [7, 11) is 1.52. The maximum atomic E-state index is 14.3. The average molecular weight is 463 g/mol. The molecule has 1 unspecified atom stereocenters. The Morgan fingerprint density at radius 3 is 2.74 bits per heavy atom. The van der Waals surface area contributed by atoms with Crippen molar-refractivity contribution >= 4 is 16.9 Å². The Labute approximate surface area is 192 Å². The van der Waals surface area contributed by atoms with Gasteiger partial charge in [-0.15, -0.1) is 5.10 Å². The molecule has 5 rings (SSSR count). The van der Waals surface area contributed by atoms with Crippen molar-refractivity contribution < 1.29 is 13.5 Å². The van der Waals surface area contributed by atoms with Crippen molar-refractivity contribution in [2.45, 2.75) is 19.4 Å². The minimum Gasteiger partial charge on any atom is -0.480 e. The standard InChI is InChI=1S/C22H19F2N9O/c1-3-17(16-9-33(31-30-16)18-6-12(23)4-5-15(18)24)32-8-14(13-7-26-10-29-22(13)34-2)19-20(25)27-11-28-21(19)32/h4-11,17H,3H2,1-2H3,(H2,25,27,28). The van der Waals surface area contributed by atoms with Gasteiger partial charge in [-0.3, -0.25) is 0 Å². The number of rotatable bonds is 6. The first-order chi connectivity index (χ1) is 16.5. The van der Waals surface area contributed by atoms with Crippen molar-refractivity contribution in [3.8, 4) is 22.7 Å². The van der Waals surface area contributed by atoms with Crippen LogP contribution in [0.3, 0.4) is 0 Å². The third-order valence-corrected chi connectivity index (χ3v) is 5.53. The molecule has 172 valence electrons. The number of aromatic nitrogens is 8. The molecule has 0 aliphatic heterocycles. The number of nitrogens with two attached hydrogens (primary N) is 1. The molecule has 12 heteroatoms. The highest BCUT2D eigenvalue weighted by molar-refractivity contribution is 6.01. The zero-order valence-corrected chi connectivity index (χ0v) is 18.2. The lowest BCUT2D eigenvalue weighted by Gasteiger charge is -2.15. The Hall–Kier alpha value is -4.48. The zero-order chi connectivity index (χ0) is 23.8. The Morgan fingerprint density at radius 2 is 1.94 bits per heavy atom. The molecule has 0 saturated carbocycles. The van der Waals surface area contributed by atoms with Crippen LogP contribution in [0.5, 0.6) is 5.88 Å². The average Bonchev–Trinajstić information content (AvgIpc) is 3.48. The molecule has 10 nitrogen and oxygen atoms in total. The Kier molecular flexibility index (Phi) is 5.32. The van der Waals surface area contributed by atoms with Crippen LogP contribution in [-0.4, -0.2) is 46.6 Å². The quantitative estimate of drug-likeness (QED) is 0.407. The molecule has 0 amide bonds. The highest BCUT2D eigenvalue weighted by atomic mass is 19.1. The highest BCUT2D eigenvalue weighted by Crippen LogP contribution is 2.38. The molecule has 0 aliphatic carbocycles. The summed E-state index contributed by atoms with van der Waals surface area (Å²) in [5.41, 5.74) is 8.60. The van der Waals surface area contributed by atoms with E-state index in [9.17, 15) is 8.78 Å². The van der Waals surface area contributed by atoms with E-state index in [-0.39, 0.29) is 17.5 Å². The summed E-state index contributed by atoms with van der Waals surface area (Å²) in [6.07, 6.45) is 8.41. The minimum atomic E-state index is -0.615. The van der Waals surface area contributed by atoms with Crippen molar-refractivity contribution in [2.24, 2.45) is 0 Å². The largest absolute Gasteiger partial charge is 0.480 e. The Morgan fingerprint density at radius 1 is 1.09 bits per heavy atom. The van der Waals surface area contributed by atoms with E-state index in [1.165, 1.54) is 24.4 Å². The van der Waals surface area contributed by atoms with Crippen LogP contribution in [-0.2, 0) is 0 Å². The first-order valence-corrected chi connectivity index (χ1v) is 10.3. The van der Waals surface area contributed by atoms with Crippen molar-refractivity contribution in [2.75, 3.05) is 12.8 Å². The van der Waals surface area contributed by atoms with Crippen LogP contribution < -0.4 is 10.5 Å². The predicted octanol–water partition coefficient (Wildman–Crippen LogP) is 3.34. The van der Waals surface area contributed by atoms with Crippen molar-refractivity contribution in [3.05, 3.63) is 66.8 Å². The van der Waals surface area contributed by atoms with Gasteiger partial charge >= 0.3 is 0 Å². The van der Waals surface area contributed by atoms with E-state index in [0.717, 1.165) is 18.2 Å². The van der Waals surface area contributed by atoms with Gasteiger partial charge in [-0.2, -0.15) is 0 Å². The number of ether oxygens (including phenoxy) is 1. The smallest absolute Gasteiger partial charge is 0.224 e. The van der Waals surface area contributed by atoms with Crippen molar-refractivity contribution in [1.29, 1.82) is 0 Å². The summed E-state index contributed by atoms with van der Waals surface area (Å²) in [6.45, 7) is 1.97. The van der Waals surface area contributed by atoms with Gasteiger partial charge in [0.1, 0.15) is 47.1 Å². The lowest BCUT2D eigenvalue weighted by Crippen LogP contribution is -2.10. The van der Waals surface area contributed by atoms with Crippen LogP contribution in [0.1, 0.15) is 25.1 Å². The number of fused-ring (bicyclic) bond motifs is 1. The first-order valence-electron chi connectivity index (χ1n) is 10.3. The van der Waals surface area contributed by atoms with Crippen molar-refractivity contribution in [1.82, 2.24) is 39.5 Å². The first kappa shape index (κ1) is 21.4. The topological polar surface area (TPSA) is 122 Å². The fraction of sp³-hybridized carbons (Fsp3) is 0.182. The molecule has 2 N–H and O–H groups in total. The number of anilines is 1. The van der Waals surface area contributed by atoms with Gasteiger partial charge in [-0.05, 0) is 18.6 Å². The normalized spacial score (nSPS) is 12.2. The molecule has 0 spiro atoms. The number of methoxy groups -OCH3 is 1. The lowest BCUT2D eigenvalue weighted by molar-refractivity contribution is 0.398. The summed E-state index contributed by atoms with van der Waals surface area (Å²) in [5.74, 6) is -0.535. The highest BCUT2D eigenvalue weighted by Gasteiger charge is 2.25. The molecule has 1 atom stereocenters. The number of halogens is 2. The fourth-order valence-corrected chi connectivity index (χ4v) is 3.97. The molecule has 0 aliphatic rings. The van der Waals surface area contributed by atoms with Gasteiger partial charge in [0.2, 0.25) is 5.88 Å². The minimum absolute atomic E-state index is 0.0376. The van der Waals surface area contributed by atoms with E-state index < -0.39 is 11.6 Å². The van der Waals surface area contributed by atoms with E-state index in [1.54, 1.807) is 12.4 Å². The maximum Gasteiger partial charge on any atom is 0.224 e. The molecule has 0 radical (unpaired) electrons. The van der Waals surface area contributed by atoms with E-state index in [0.29, 0.717) is 40.2 Å². The molecular formula is C22H19F2N9O. The number of nitrogens with zero attached hydrogens (tertiary/aromatic N) is 8. The maximum absolute atomic E-state index is 14.3. The summed E-state index contributed by atoms with van der Waals surface area (Å²) in [6, 6.07) is 2.81. The fourth-order valence-electron chi connectivity index (χ4n) is 3.97. The third kappa shape index (κ3) is 3.49. The SMILES string of the molecule is CCC(c1cn(-c2cc(F)ccc2F)nn1)n1cc(-c2cncnc2OC)c2c(N)ncnc21. The number of benzene rings is 1. The van der Waals surface area contributed by atoms with Gasteiger partial charge in [-0.25, -0.2) is 33.4 Å². The molecular weight excluding hydrogens is 444 g/mol. The Bertz CT molecular complexity index is 1500. The van der Waals surface area contributed by atoms with Crippen LogP contribution in [0, 0.1) is 11.6 Å². The second kappa shape index (κ2) is 8.46. The van der Waals surface area contributed by atoms with Crippen LogP contribution in [0.2, 0.25) is 0 Å². The third-order valence-electron chi connectivity index (χ3n) is 5.53. The molecule has 5 aromatic rings. The zero-order valence-electron chi connectivity index (χ0n) is 18.2. The molecule has 4 aromatic heterocycles. The molecule has 34 heavy (non-hydrogen) atoms. The molecule has 0 bridgehead atoms. The van der Waals surface area contributed by atoms with Gasteiger partial charge in [0.25, 0.3) is 0 Å². The number of hydrogen-bond acceptors (Lipinski definition) is 8. The monoisotopic (exact) mass is 463 g/mol. The number of hydrogen-bond donors (Lipinski definition) is 1. The second-order valence-electron chi connectivity index (χ2n) is 7.46. The molecule has 0 saturated heterocycles. The lowest BCUT2D eigenvalue weighted by atomic mass is 10.1. The van der Waals surface area contributed by atoms with Crippen LogP contribution in [0.25, 0.3) is 27.8 Å². The summed E-state index contributed by atoms with van der Waals surface area (Å²) < 4.78 is 36.5. The van der Waals surface area contributed by atoms with E-state index >= 15 is 0 Å². The van der Waals surface area contributed by atoms with Gasteiger partial charge in [0.05, 0.1) is 30.3 Å². The van der Waals surface area contributed by atoms with Crippen LogP contribution in [0.4, 0.5) is 14.6 Å². The summed E-state index contributed by atoms with van der Waals surface area (Å²) in [4.78, 5) is 16.9.